The zero-order valence-electron chi connectivity index (χ0n) is 5.87. The lowest BCUT2D eigenvalue weighted by molar-refractivity contribution is 0.251. The van der Waals surface area contributed by atoms with Gasteiger partial charge in [0.25, 0.3) is 0 Å². The summed E-state index contributed by atoms with van der Waals surface area (Å²) in [5, 5.41) is 8.65. The van der Waals surface area contributed by atoms with Crippen LogP contribution in [0.1, 0.15) is 17.4 Å². The minimum atomic E-state index is -0.380. The fraction of sp³-hybridized carbons (Fsp3) is 0.429. The summed E-state index contributed by atoms with van der Waals surface area (Å²) in [7, 11) is 0. The maximum atomic E-state index is 8.65. The first-order valence-corrected chi connectivity index (χ1v) is 3.16. The molecule has 3 N–H and O–H groups in total. The molecule has 0 bridgehead atoms. The standard InChI is InChI=1S/C7H11NO2/c1-5-2-3-10-7(5)6(8)4-9/h2-3,6,9H,4,8H2,1H3/t6-/m1/s1. The molecule has 0 spiro atoms. The maximum absolute atomic E-state index is 8.65. The third-order valence-corrected chi connectivity index (χ3v) is 1.44. The highest BCUT2D eigenvalue weighted by Gasteiger charge is 2.09. The lowest BCUT2D eigenvalue weighted by atomic mass is 10.2. The second kappa shape index (κ2) is 2.86. The van der Waals surface area contributed by atoms with E-state index in [1.807, 2.05) is 13.0 Å². The monoisotopic (exact) mass is 141 g/mol. The van der Waals surface area contributed by atoms with E-state index >= 15 is 0 Å². The number of hydrogen-bond acceptors (Lipinski definition) is 3. The zero-order chi connectivity index (χ0) is 7.56. The third kappa shape index (κ3) is 1.20. The van der Waals surface area contributed by atoms with Gasteiger partial charge in [0.2, 0.25) is 0 Å². The van der Waals surface area contributed by atoms with Crippen molar-refractivity contribution in [2.24, 2.45) is 5.73 Å². The molecule has 3 nitrogen and oxygen atoms in total. The first kappa shape index (κ1) is 7.31. The summed E-state index contributed by atoms with van der Waals surface area (Å²) < 4.78 is 5.03. The summed E-state index contributed by atoms with van der Waals surface area (Å²) in [6.45, 7) is 1.82. The Hall–Kier alpha value is -0.800. The van der Waals surface area contributed by atoms with Crippen molar-refractivity contribution in [1.82, 2.24) is 0 Å². The summed E-state index contributed by atoms with van der Waals surface area (Å²) in [5.41, 5.74) is 6.48. The Bertz CT molecular complexity index is 207. The molecule has 1 heterocycles. The van der Waals surface area contributed by atoms with Crippen LogP contribution < -0.4 is 5.73 Å². The van der Waals surface area contributed by atoms with Crippen LogP contribution in [0.5, 0.6) is 0 Å². The van der Waals surface area contributed by atoms with Crippen LogP contribution in [0.25, 0.3) is 0 Å². The average molecular weight is 141 g/mol. The van der Waals surface area contributed by atoms with Crippen molar-refractivity contribution in [2.75, 3.05) is 6.61 Å². The molecule has 1 atom stereocenters. The second-order valence-corrected chi connectivity index (χ2v) is 2.26. The fourth-order valence-electron chi connectivity index (χ4n) is 0.847. The Labute approximate surface area is 59.5 Å². The molecule has 56 valence electrons. The van der Waals surface area contributed by atoms with Crippen LogP contribution in [-0.4, -0.2) is 11.7 Å². The first-order valence-electron chi connectivity index (χ1n) is 3.16. The molecule has 1 rings (SSSR count). The minimum Gasteiger partial charge on any atom is -0.467 e. The van der Waals surface area contributed by atoms with E-state index in [2.05, 4.69) is 0 Å². The number of aliphatic hydroxyl groups is 1. The van der Waals surface area contributed by atoms with Gasteiger partial charge in [-0.15, -0.1) is 0 Å². The van der Waals surface area contributed by atoms with Crippen LogP contribution in [0.4, 0.5) is 0 Å². The van der Waals surface area contributed by atoms with Gasteiger partial charge in [0, 0.05) is 0 Å². The molecule has 0 amide bonds. The Morgan fingerprint density at radius 3 is 2.90 bits per heavy atom. The van der Waals surface area contributed by atoms with Crippen molar-refractivity contribution >= 4 is 0 Å². The molecule has 1 aromatic rings. The molecule has 3 heteroatoms. The van der Waals surface area contributed by atoms with Crippen LogP contribution >= 0.6 is 0 Å². The summed E-state index contributed by atoms with van der Waals surface area (Å²) in [4.78, 5) is 0. The van der Waals surface area contributed by atoms with Gasteiger partial charge < -0.3 is 15.3 Å². The van der Waals surface area contributed by atoms with Crippen molar-refractivity contribution < 1.29 is 9.52 Å². The van der Waals surface area contributed by atoms with Gasteiger partial charge in [0.05, 0.1) is 18.9 Å². The highest BCUT2D eigenvalue weighted by molar-refractivity contribution is 5.17. The molecular weight excluding hydrogens is 130 g/mol. The minimum absolute atomic E-state index is 0.0750. The number of furan rings is 1. The third-order valence-electron chi connectivity index (χ3n) is 1.44. The van der Waals surface area contributed by atoms with Gasteiger partial charge >= 0.3 is 0 Å². The smallest absolute Gasteiger partial charge is 0.125 e. The largest absolute Gasteiger partial charge is 0.467 e. The Balaban J connectivity index is 2.82. The molecule has 0 fully saturated rings. The molecule has 10 heavy (non-hydrogen) atoms. The van der Waals surface area contributed by atoms with Gasteiger partial charge in [-0.1, -0.05) is 0 Å². The number of rotatable bonds is 2. The van der Waals surface area contributed by atoms with E-state index in [-0.39, 0.29) is 12.6 Å². The highest BCUT2D eigenvalue weighted by Crippen LogP contribution is 2.15. The predicted octanol–water partition coefficient (Wildman–Crippen LogP) is 0.580. The normalized spacial score (nSPS) is 13.5. The summed E-state index contributed by atoms with van der Waals surface area (Å²) in [6, 6.07) is 1.44. The van der Waals surface area contributed by atoms with Crippen LogP contribution in [-0.2, 0) is 0 Å². The quantitative estimate of drug-likeness (QED) is 0.633. The van der Waals surface area contributed by atoms with Gasteiger partial charge in [-0.2, -0.15) is 0 Å². The number of aliphatic hydroxyl groups excluding tert-OH is 1. The summed E-state index contributed by atoms with van der Waals surface area (Å²) in [5.74, 6) is 0.669. The molecule has 0 radical (unpaired) electrons. The Morgan fingerprint density at radius 2 is 2.50 bits per heavy atom. The molecule has 0 aliphatic rings. The molecule has 0 aliphatic heterocycles. The fourth-order valence-corrected chi connectivity index (χ4v) is 0.847. The highest BCUT2D eigenvalue weighted by atomic mass is 16.3. The number of nitrogens with two attached hydrogens (primary N) is 1. The lowest BCUT2D eigenvalue weighted by Gasteiger charge is -2.04. The van der Waals surface area contributed by atoms with E-state index in [0.29, 0.717) is 5.76 Å². The zero-order valence-corrected chi connectivity index (χ0v) is 5.87. The predicted molar refractivity (Wildman–Crippen MR) is 37.5 cm³/mol. The molecule has 0 saturated carbocycles. The van der Waals surface area contributed by atoms with Gasteiger partial charge in [-0.25, -0.2) is 0 Å². The molecule has 0 aliphatic carbocycles. The van der Waals surface area contributed by atoms with Crippen molar-refractivity contribution in [2.45, 2.75) is 13.0 Å². The average Bonchev–Trinajstić information content (AvgIpc) is 2.34. The summed E-state index contributed by atoms with van der Waals surface area (Å²) in [6.07, 6.45) is 1.57. The van der Waals surface area contributed by atoms with E-state index in [4.69, 9.17) is 15.3 Å². The van der Waals surface area contributed by atoms with E-state index in [0.717, 1.165) is 5.56 Å². The molecule has 1 aromatic heterocycles. The lowest BCUT2D eigenvalue weighted by Crippen LogP contribution is -2.14. The molecular formula is C7H11NO2. The van der Waals surface area contributed by atoms with Crippen molar-refractivity contribution in [1.29, 1.82) is 0 Å². The molecule has 0 aromatic carbocycles. The van der Waals surface area contributed by atoms with Crippen LogP contribution in [0.3, 0.4) is 0 Å². The van der Waals surface area contributed by atoms with E-state index in [1.54, 1.807) is 6.26 Å². The van der Waals surface area contributed by atoms with Gasteiger partial charge in [0.15, 0.2) is 0 Å². The molecule has 0 saturated heterocycles. The number of aryl methyl sites for hydroxylation is 1. The van der Waals surface area contributed by atoms with E-state index < -0.39 is 0 Å². The van der Waals surface area contributed by atoms with Crippen molar-refractivity contribution in [3.8, 4) is 0 Å². The topological polar surface area (TPSA) is 59.4 Å². The maximum Gasteiger partial charge on any atom is 0.125 e. The van der Waals surface area contributed by atoms with Crippen LogP contribution in [0.2, 0.25) is 0 Å². The van der Waals surface area contributed by atoms with E-state index in [9.17, 15) is 0 Å². The molecule has 0 unspecified atom stereocenters. The Morgan fingerprint density at radius 1 is 1.80 bits per heavy atom. The van der Waals surface area contributed by atoms with Crippen LogP contribution in [0.15, 0.2) is 16.7 Å². The second-order valence-electron chi connectivity index (χ2n) is 2.26. The van der Waals surface area contributed by atoms with Gasteiger partial charge in [0.1, 0.15) is 5.76 Å². The number of hydrogen-bond donors (Lipinski definition) is 2. The van der Waals surface area contributed by atoms with Crippen molar-refractivity contribution in [3.63, 3.8) is 0 Å². The van der Waals surface area contributed by atoms with Crippen LogP contribution in [0, 0.1) is 6.92 Å². The van der Waals surface area contributed by atoms with E-state index in [1.165, 1.54) is 0 Å². The van der Waals surface area contributed by atoms with Gasteiger partial charge in [-0.05, 0) is 18.6 Å². The van der Waals surface area contributed by atoms with Gasteiger partial charge in [-0.3, -0.25) is 0 Å². The van der Waals surface area contributed by atoms with Crippen molar-refractivity contribution in [3.05, 3.63) is 23.7 Å². The first-order chi connectivity index (χ1) is 4.75. The Kier molecular flexibility index (Phi) is 2.09. The summed E-state index contributed by atoms with van der Waals surface area (Å²) >= 11 is 0. The SMILES string of the molecule is Cc1ccoc1[C@H](N)CO.